The standard InChI is InChI=1S/C21H24FN5O6S/c1-2-23-20(28)32-13-15-10-26(25-24-15)11-17-12-27(21(29)33-17)16-3-4-18(19(22)9-16)14-5-7-34(30,31)8-6-14/h3-5,9-10,17H,2,6-8,11-13H2,1H3,(H,23,28). The van der Waals surface area contributed by atoms with Crippen LogP contribution in [0.3, 0.4) is 0 Å². The fourth-order valence-corrected chi connectivity index (χ4v) is 4.87. The second kappa shape index (κ2) is 9.79. The zero-order valence-electron chi connectivity index (χ0n) is 18.4. The number of carbonyl (C=O) groups is 2. The lowest BCUT2D eigenvalue weighted by Gasteiger charge is -2.17. The molecule has 0 bridgehead atoms. The first-order valence-corrected chi connectivity index (χ1v) is 12.5. The predicted octanol–water partition coefficient (Wildman–Crippen LogP) is 1.89. The van der Waals surface area contributed by atoms with E-state index in [0.29, 0.717) is 29.1 Å². The highest BCUT2D eigenvalue weighted by Gasteiger charge is 2.33. The number of aromatic nitrogens is 3. The lowest BCUT2D eigenvalue weighted by atomic mass is 10.0. The Kier molecular flexibility index (Phi) is 6.82. The van der Waals surface area contributed by atoms with Gasteiger partial charge in [0.25, 0.3) is 0 Å². The molecule has 182 valence electrons. The van der Waals surface area contributed by atoms with Crippen molar-refractivity contribution in [3.8, 4) is 0 Å². The van der Waals surface area contributed by atoms with Crippen molar-refractivity contribution in [1.82, 2.24) is 20.3 Å². The summed E-state index contributed by atoms with van der Waals surface area (Å²) in [5.74, 6) is -0.652. The summed E-state index contributed by atoms with van der Waals surface area (Å²) in [4.78, 5) is 25.1. The van der Waals surface area contributed by atoms with Crippen molar-refractivity contribution in [2.75, 3.05) is 29.5 Å². The van der Waals surface area contributed by atoms with Crippen molar-refractivity contribution >= 4 is 33.3 Å². The van der Waals surface area contributed by atoms with Crippen LogP contribution in [0.25, 0.3) is 5.57 Å². The second-order valence-corrected chi connectivity index (χ2v) is 10.1. The van der Waals surface area contributed by atoms with E-state index in [2.05, 4.69) is 15.6 Å². The Morgan fingerprint density at radius 2 is 2.21 bits per heavy atom. The summed E-state index contributed by atoms with van der Waals surface area (Å²) in [5.41, 5.74) is 1.74. The summed E-state index contributed by atoms with van der Waals surface area (Å²) in [7, 11) is -3.11. The van der Waals surface area contributed by atoms with Gasteiger partial charge in [-0.2, -0.15) is 0 Å². The van der Waals surface area contributed by atoms with Gasteiger partial charge in [-0.3, -0.25) is 4.90 Å². The SMILES string of the molecule is CCNC(=O)OCc1cn(CC2CN(c3ccc(C4=CCS(=O)(=O)CC4)c(F)c3)C(=O)O2)nn1. The highest BCUT2D eigenvalue weighted by atomic mass is 32.2. The normalized spacial score (nSPS) is 19.5. The van der Waals surface area contributed by atoms with Gasteiger partial charge in [0, 0.05) is 12.1 Å². The summed E-state index contributed by atoms with van der Waals surface area (Å²) in [6.45, 7) is 2.58. The fraction of sp³-hybridized carbons (Fsp3) is 0.429. The number of amides is 2. The van der Waals surface area contributed by atoms with E-state index >= 15 is 0 Å². The van der Waals surface area contributed by atoms with Crippen LogP contribution < -0.4 is 10.2 Å². The summed E-state index contributed by atoms with van der Waals surface area (Å²) >= 11 is 0. The molecule has 1 aromatic carbocycles. The second-order valence-electron chi connectivity index (χ2n) is 7.91. The van der Waals surface area contributed by atoms with Gasteiger partial charge in [-0.05, 0) is 37.1 Å². The third kappa shape index (κ3) is 5.53. The van der Waals surface area contributed by atoms with Gasteiger partial charge in [-0.25, -0.2) is 27.1 Å². The third-order valence-corrected chi connectivity index (χ3v) is 6.90. The molecule has 3 heterocycles. The number of hydrogen-bond donors (Lipinski definition) is 1. The van der Waals surface area contributed by atoms with E-state index in [0.717, 1.165) is 0 Å². The van der Waals surface area contributed by atoms with E-state index in [1.54, 1.807) is 25.3 Å². The number of hydrogen-bond acceptors (Lipinski definition) is 8. The molecule has 1 unspecified atom stereocenters. The minimum Gasteiger partial charge on any atom is -0.443 e. The lowest BCUT2D eigenvalue weighted by Crippen LogP contribution is -2.26. The molecule has 1 fully saturated rings. The number of sulfone groups is 1. The number of nitrogens with zero attached hydrogens (tertiary/aromatic N) is 4. The summed E-state index contributed by atoms with van der Waals surface area (Å²) in [6, 6.07) is 4.40. The minimum absolute atomic E-state index is 0.0117. The van der Waals surface area contributed by atoms with Gasteiger partial charge < -0.3 is 14.8 Å². The van der Waals surface area contributed by atoms with Gasteiger partial charge in [-0.1, -0.05) is 11.3 Å². The van der Waals surface area contributed by atoms with Crippen LogP contribution in [0.4, 0.5) is 19.7 Å². The number of benzene rings is 1. The van der Waals surface area contributed by atoms with Crippen molar-refractivity contribution < 1.29 is 31.9 Å². The number of halogens is 1. The maximum atomic E-state index is 14.8. The highest BCUT2D eigenvalue weighted by Crippen LogP contribution is 2.30. The molecule has 1 aromatic heterocycles. The van der Waals surface area contributed by atoms with Gasteiger partial charge >= 0.3 is 12.2 Å². The van der Waals surface area contributed by atoms with Crippen molar-refractivity contribution in [3.05, 3.63) is 47.5 Å². The van der Waals surface area contributed by atoms with Crippen LogP contribution in [0, 0.1) is 5.82 Å². The molecule has 4 rings (SSSR count). The van der Waals surface area contributed by atoms with E-state index in [4.69, 9.17) is 9.47 Å². The van der Waals surface area contributed by atoms with Crippen LogP contribution in [0.1, 0.15) is 24.6 Å². The number of anilines is 1. The van der Waals surface area contributed by atoms with E-state index < -0.39 is 33.9 Å². The third-order valence-electron chi connectivity index (χ3n) is 5.40. The molecule has 34 heavy (non-hydrogen) atoms. The van der Waals surface area contributed by atoms with Crippen molar-refractivity contribution in [2.45, 2.75) is 32.6 Å². The smallest absolute Gasteiger partial charge is 0.414 e. The predicted molar refractivity (Wildman–Crippen MR) is 119 cm³/mol. The maximum absolute atomic E-state index is 14.8. The van der Waals surface area contributed by atoms with E-state index in [1.807, 2.05) is 0 Å². The Labute approximate surface area is 195 Å². The first kappa shape index (κ1) is 23.7. The number of carbonyl (C=O) groups excluding carboxylic acids is 2. The Bertz CT molecular complexity index is 1230. The van der Waals surface area contributed by atoms with Gasteiger partial charge in [-0.15, -0.1) is 5.10 Å². The molecule has 0 radical (unpaired) electrons. The van der Waals surface area contributed by atoms with Crippen LogP contribution in [0.5, 0.6) is 0 Å². The van der Waals surface area contributed by atoms with Crippen LogP contribution in [0.15, 0.2) is 30.5 Å². The van der Waals surface area contributed by atoms with E-state index in [9.17, 15) is 22.4 Å². The summed E-state index contributed by atoms with van der Waals surface area (Å²) in [5, 5.41) is 10.4. The molecule has 2 aliphatic heterocycles. The summed E-state index contributed by atoms with van der Waals surface area (Å²) < 4.78 is 49.8. The zero-order valence-corrected chi connectivity index (χ0v) is 19.3. The van der Waals surface area contributed by atoms with Crippen molar-refractivity contribution in [2.24, 2.45) is 0 Å². The van der Waals surface area contributed by atoms with Gasteiger partial charge in [0.1, 0.15) is 24.2 Å². The molecule has 2 aromatic rings. The molecular weight excluding hydrogens is 469 g/mol. The Hall–Kier alpha value is -3.48. The molecule has 1 saturated heterocycles. The number of cyclic esters (lactones) is 1. The molecular formula is C21H24FN5O6S. The topological polar surface area (TPSA) is 133 Å². The molecule has 11 nitrogen and oxygen atoms in total. The number of alkyl carbamates (subject to hydrolysis) is 1. The Balaban J connectivity index is 1.37. The maximum Gasteiger partial charge on any atom is 0.414 e. The van der Waals surface area contributed by atoms with Crippen LogP contribution in [0.2, 0.25) is 0 Å². The number of allylic oxidation sites excluding steroid dienone is 1. The van der Waals surface area contributed by atoms with E-state index in [1.165, 1.54) is 21.7 Å². The van der Waals surface area contributed by atoms with Crippen LogP contribution in [-0.2, 0) is 32.5 Å². The van der Waals surface area contributed by atoms with Gasteiger partial charge in [0.05, 0.1) is 36.5 Å². The van der Waals surface area contributed by atoms with Crippen molar-refractivity contribution in [1.29, 1.82) is 0 Å². The largest absolute Gasteiger partial charge is 0.443 e. The number of ether oxygens (including phenoxy) is 2. The molecule has 2 amide bonds. The fourth-order valence-electron chi connectivity index (χ4n) is 3.72. The number of nitrogens with one attached hydrogen (secondary N) is 1. The average molecular weight is 494 g/mol. The first-order valence-electron chi connectivity index (χ1n) is 10.7. The quantitative estimate of drug-likeness (QED) is 0.618. The molecule has 0 spiro atoms. The Morgan fingerprint density at radius 1 is 1.38 bits per heavy atom. The van der Waals surface area contributed by atoms with Crippen LogP contribution in [-0.4, -0.2) is 66.3 Å². The highest BCUT2D eigenvalue weighted by molar-refractivity contribution is 7.91. The molecule has 0 aliphatic carbocycles. The van der Waals surface area contributed by atoms with Gasteiger partial charge in [0.15, 0.2) is 9.84 Å². The number of rotatable bonds is 7. The minimum atomic E-state index is -3.11. The molecule has 1 N–H and O–H groups in total. The van der Waals surface area contributed by atoms with Crippen molar-refractivity contribution in [3.63, 3.8) is 0 Å². The molecule has 0 saturated carbocycles. The monoisotopic (exact) mass is 493 g/mol. The van der Waals surface area contributed by atoms with E-state index in [-0.39, 0.29) is 37.6 Å². The van der Waals surface area contributed by atoms with Crippen LogP contribution >= 0.6 is 0 Å². The molecule has 1 atom stereocenters. The zero-order chi connectivity index (χ0) is 24.3. The first-order chi connectivity index (χ1) is 16.2. The lowest BCUT2D eigenvalue weighted by molar-refractivity contribution is 0.129. The molecule has 13 heteroatoms. The molecule has 2 aliphatic rings. The van der Waals surface area contributed by atoms with Gasteiger partial charge in [0.2, 0.25) is 0 Å². The Morgan fingerprint density at radius 3 is 2.91 bits per heavy atom. The summed E-state index contributed by atoms with van der Waals surface area (Å²) in [6.07, 6.45) is 1.66. The average Bonchev–Trinajstić information content (AvgIpc) is 3.39.